The number of carboxylic acid groups (broad SMARTS) is 1. The number of carbonyl (C=O) groups is 2. The lowest BCUT2D eigenvalue weighted by molar-refractivity contribution is -0.146. The second kappa shape index (κ2) is 6.89. The molecule has 1 rings (SSSR count). The Kier molecular flexibility index (Phi) is 5.79. The summed E-state index contributed by atoms with van der Waals surface area (Å²) < 4.78 is 0. The molecular weight excluding hydrogens is 244 g/mol. The molecule has 110 valence electrons. The van der Waals surface area contributed by atoms with Crippen LogP contribution in [0.5, 0.6) is 0 Å². The van der Waals surface area contributed by atoms with Crippen LogP contribution in [0.15, 0.2) is 0 Å². The molecule has 1 aliphatic carbocycles. The lowest BCUT2D eigenvalue weighted by Crippen LogP contribution is -2.52. The van der Waals surface area contributed by atoms with E-state index in [9.17, 15) is 9.59 Å². The minimum Gasteiger partial charge on any atom is -0.481 e. The van der Waals surface area contributed by atoms with Gasteiger partial charge in [0.2, 0.25) is 5.91 Å². The highest BCUT2D eigenvalue weighted by Gasteiger charge is 2.40. The van der Waals surface area contributed by atoms with Gasteiger partial charge in [0, 0.05) is 13.5 Å². The van der Waals surface area contributed by atoms with E-state index in [2.05, 4.69) is 0 Å². The van der Waals surface area contributed by atoms with Crippen LogP contribution in [0.2, 0.25) is 0 Å². The van der Waals surface area contributed by atoms with Crippen LogP contribution in [0.25, 0.3) is 0 Å². The molecule has 0 aromatic rings. The molecule has 0 aliphatic heterocycles. The van der Waals surface area contributed by atoms with E-state index in [0.717, 1.165) is 32.1 Å². The van der Waals surface area contributed by atoms with Crippen molar-refractivity contribution in [1.29, 1.82) is 0 Å². The predicted octanol–water partition coefficient (Wildman–Crippen LogP) is 1.61. The normalized spacial score (nSPS) is 19.7. The fourth-order valence-electron chi connectivity index (χ4n) is 2.91. The van der Waals surface area contributed by atoms with Crippen molar-refractivity contribution in [1.82, 2.24) is 4.90 Å². The Labute approximate surface area is 115 Å². The molecule has 0 aromatic carbocycles. The largest absolute Gasteiger partial charge is 0.481 e. The first-order chi connectivity index (χ1) is 8.91. The summed E-state index contributed by atoms with van der Waals surface area (Å²) in [5.41, 5.74) is 5.06. The van der Waals surface area contributed by atoms with E-state index in [0.29, 0.717) is 13.0 Å². The third-order valence-corrected chi connectivity index (χ3v) is 4.28. The number of carboxylic acids is 1. The Morgan fingerprint density at radius 2 is 1.89 bits per heavy atom. The zero-order valence-corrected chi connectivity index (χ0v) is 12.0. The molecule has 0 radical (unpaired) electrons. The van der Waals surface area contributed by atoms with E-state index in [4.69, 9.17) is 10.8 Å². The van der Waals surface area contributed by atoms with Gasteiger partial charge < -0.3 is 15.7 Å². The smallest absolute Gasteiger partial charge is 0.305 e. The van der Waals surface area contributed by atoms with E-state index >= 15 is 0 Å². The van der Waals surface area contributed by atoms with Gasteiger partial charge in [0.25, 0.3) is 0 Å². The summed E-state index contributed by atoms with van der Waals surface area (Å²) in [6, 6.07) is 0. The highest BCUT2D eigenvalue weighted by molar-refractivity contribution is 5.78. The number of hydrogen-bond acceptors (Lipinski definition) is 3. The molecule has 1 aliphatic rings. The summed E-state index contributed by atoms with van der Waals surface area (Å²) in [5, 5.41) is 9.13. The summed E-state index contributed by atoms with van der Waals surface area (Å²) in [4.78, 5) is 25.1. The van der Waals surface area contributed by atoms with Gasteiger partial charge in [-0.2, -0.15) is 0 Å². The van der Waals surface area contributed by atoms with E-state index in [-0.39, 0.29) is 18.2 Å². The van der Waals surface area contributed by atoms with Crippen molar-refractivity contribution in [2.75, 3.05) is 13.6 Å². The van der Waals surface area contributed by atoms with E-state index in [1.54, 1.807) is 11.9 Å². The molecule has 0 saturated heterocycles. The van der Waals surface area contributed by atoms with Gasteiger partial charge in [0.15, 0.2) is 0 Å². The standard InChI is InChI=1S/C14H26N2O3/c1-11(10-15)8-12(17)16(2)14(9-13(18)19)6-4-3-5-7-14/h11H,3-10,15H2,1-2H3,(H,18,19). The molecule has 0 heterocycles. The first-order valence-electron chi connectivity index (χ1n) is 7.10. The summed E-state index contributed by atoms with van der Waals surface area (Å²) in [5.74, 6) is -0.671. The monoisotopic (exact) mass is 270 g/mol. The fourth-order valence-corrected chi connectivity index (χ4v) is 2.91. The third kappa shape index (κ3) is 4.20. The molecule has 0 bridgehead atoms. The zero-order chi connectivity index (χ0) is 14.5. The minimum absolute atomic E-state index is 0.0149. The van der Waals surface area contributed by atoms with Gasteiger partial charge in [0.1, 0.15) is 0 Å². The highest BCUT2D eigenvalue weighted by atomic mass is 16.4. The lowest BCUT2D eigenvalue weighted by Gasteiger charge is -2.44. The van der Waals surface area contributed by atoms with Crippen molar-refractivity contribution < 1.29 is 14.7 Å². The topological polar surface area (TPSA) is 83.6 Å². The van der Waals surface area contributed by atoms with Gasteiger partial charge in [0.05, 0.1) is 12.0 Å². The zero-order valence-electron chi connectivity index (χ0n) is 12.0. The summed E-state index contributed by atoms with van der Waals surface area (Å²) in [6.07, 6.45) is 5.15. The second-order valence-corrected chi connectivity index (χ2v) is 5.85. The average Bonchev–Trinajstić information content (AvgIpc) is 2.37. The summed E-state index contributed by atoms with van der Waals surface area (Å²) in [7, 11) is 1.75. The number of nitrogens with zero attached hydrogens (tertiary/aromatic N) is 1. The van der Waals surface area contributed by atoms with Crippen molar-refractivity contribution in [2.24, 2.45) is 11.7 Å². The lowest BCUT2D eigenvalue weighted by atomic mass is 9.78. The summed E-state index contributed by atoms with van der Waals surface area (Å²) in [6.45, 7) is 2.42. The van der Waals surface area contributed by atoms with Crippen LogP contribution < -0.4 is 5.73 Å². The van der Waals surface area contributed by atoms with Crippen molar-refractivity contribution in [2.45, 2.75) is 57.4 Å². The van der Waals surface area contributed by atoms with Crippen LogP contribution in [-0.4, -0.2) is 41.0 Å². The molecule has 1 atom stereocenters. The van der Waals surface area contributed by atoms with Crippen LogP contribution in [0, 0.1) is 5.92 Å². The molecule has 5 nitrogen and oxygen atoms in total. The maximum atomic E-state index is 12.3. The third-order valence-electron chi connectivity index (χ3n) is 4.28. The van der Waals surface area contributed by atoms with Gasteiger partial charge >= 0.3 is 5.97 Å². The van der Waals surface area contributed by atoms with Crippen LogP contribution >= 0.6 is 0 Å². The molecule has 0 spiro atoms. The minimum atomic E-state index is -0.826. The summed E-state index contributed by atoms with van der Waals surface area (Å²) >= 11 is 0. The fraction of sp³-hybridized carbons (Fsp3) is 0.857. The molecule has 1 saturated carbocycles. The Bertz CT molecular complexity index is 325. The Morgan fingerprint density at radius 3 is 2.37 bits per heavy atom. The predicted molar refractivity (Wildman–Crippen MR) is 73.7 cm³/mol. The Morgan fingerprint density at radius 1 is 1.32 bits per heavy atom. The molecule has 1 fully saturated rings. The average molecular weight is 270 g/mol. The van der Waals surface area contributed by atoms with Gasteiger partial charge in [-0.15, -0.1) is 0 Å². The van der Waals surface area contributed by atoms with Crippen molar-refractivity contribution >= 4 is 11.9 Å². The quantitative estimate of drug-likeness (QED) is 0.768. The number of amides is 1. The number of carbonyl (C=O) groups excluding carboxylic acids is 1. The second-order valence-electron chi connectivity index (χ2n) is 5.85. The number of hydrogen-bond donors (Lipinski definition) is 2. The van der Waals surface area contributed by atoms with E-state index < -0.39 is 11.5 Å². The van der Waals surface area contributed by atoms with Gasteiger partial charge in [-0.05, 0) is 25.3 Å². The maximum absolute atomic E-state index is 12.3. The van der Waals surface area contributed by atoms with E-state index in [1.807, 2.05) is 6.92 Å². The number of nitrogens with two attached hydrogens (primary N) is 1. The maximum Gasteiger partial charge on any atom is 0.305 e. The molecule has 0 aromatic heterocycles. The molecule has 1 unspecified atom stereocenters. The van der Waals surface area contributed by atoms with E-state index in [1.165, 1.54) is 0 Å². The van der Waals surface area contributed by atoms with Crippen LogP contribution in [-0.2, 0) is 9.59 Å². The molecule has 5 heteroatoms. The molecule has 19 heavy (non-hydrogen) atoms. The Balaban J connectivity index is 2.78. The highest BCUT2D eigenvalue weighted by Crippen LogP contribution is 2.36. The van der Waals surface area contributed by atoms with Crippen molar-refractivity contribution in [3.63, 3.8) is 0 Å². The first-order valence-corrected chi connectivity index (χ1v) is 7.10. The molecule has 1 amide bonds. The van der Waals surface area contributed by atoms with Crippen LogP contribution in [0.4, 0.5) is 0 Å². The molecular formula is C14H26N2O3. The molecule has 3 N–H and O–H groups in total. The number of aliphatic carboxylic acids is 1. The van der Waals surface area contributed by atoms with Gasteiger partial charge in [-0.3, -0.25) is 9.59 Å². The van der Waals surface area contributed by atoms with Crippen molar-refractivity contribution in [3.8, 4) is 0 Å². The Hall–Kier alpha value is -1.10. The SMILES string of the molecule is CC(CN)CC(=O)N(C)C1(CC(=O)O)CCCCC1. The number of rotatable bonds is 6. The first kappa shape index (κ1) is 16.0. The van der Waals surface area contributed by atoms with Crippen molar-refractivity contribution in [3.05, 3.63) is 0 Å². The van der Waals surface area contributed by atoms with Gasteiger partial charge in [-0.25, -0.2) is 0 Å². The van der Waals surface area contributed by atoms with Gasteiger partial charge in [-0.1, -0.05) is 26.2 Å². The van der Waals surface area contributed by atoms with Crippen LogP contribution in [0.1, 0.15) is 51.9 Å². The van der Waals surface area contributed by atoms with Crippen LogP contribution in [0.3, 0.4) is 0 Å².